The Morgan fingerprint density at radius 2 is 1.75 bits per heavy atom. The third-order valence-electron chi connectivity index (χ3n) is 5.95. The number of hydrogen-bond acceptors (Lipinski definition) is 5. The molecule has 0 spiro atoms. The van der Waals surface area contributed by atoms with E-state index in [1.807, 2.05) is 13.0 Å². The van der Waals surface area contributed by atoms with Crippen LogP contribution in [0, 0.1) is 0 Å². The first-order valence-electron chi connectivity index (χ1n) is 12.4. The van der Waals surface area contributed by atoms with Crippen LogP contribution in [0.1, 0.15) is 77.1 Å². The number of benzene rings is 2. The Hall–Kier alpha value is -3.48. The molecule has 7 heteroatoms. The Morgan fingerprint density at radius 1 is 1.06 bits per heavy atom. The van der Waals surface area contributed by atoms with Gasteiger partial charge in [0.05, 0.1) is 24.8 Å². The van der Waals surface area contributed by atoms with Crippen molar-refractivity contribution in [3.05, 3.63) is 70.4 Å². The van der Waals surface area contributed by atoms with Gasteiger partial charge in [-0.15, -0.1) is 0 Å². The molecule has 0 aromatic heterocycles. The van der Waals surface area contributed by atoms with Crippen LogP contribution in [0.5, 0.6) is 11.5 Å². The highest BCUT2D eigenvalue weighted by atomic mass is 16.5. The normalized spacial score (nSPS) is 15.9. The molecule has 1 atom stereocenters. The van der Waals surface area contributed by atoms with Crippen molar-refractivity contribution in [2.75, 3.05) is 7.11 Å². The van der Waals surface area contributed by atoms with E-state index in [1.54, 1.807) is 33.1 Å². The minimum Gasteiger partial charge on any atom is -0.493 e. The van der Waals surface area contributed by atoms with Gasteiger partial charge in [0.25, 0.3) is 0 Å². The number of amides is 2. The molecular formula is C29H38N2O5. The molecule has 3 rings (SSSR count). The number of carbonyl (C=O) groups excluding carboxylic acids is 2. The predicted molar refractivity (Wildman–Crippen MR) is 140 cm³/mol. The molecule has 1 unspecified atom stereocenters. The maximum atomic E-state index is 13.0. The first-order chi connectivity index (χ1) is 17.0. The second-order valence-electron chi connectivity index (χ2n) is 10.3. The summed E-state index contributed by atoms with van der Waals surface area (Å²) in [6.07, 6.45) is 1.04. The minimum atomic E-state index is -0.667. The van der Waals surface area contributed by atoms with Gasteiger partial charge in [-0.25, -0.2) is 9.59 Å². The molecule has 1 heterocycles. The van der Waals surface area contributed by atoms with Crippen molar-refractivity contribution in [2.45, 2.75) is 78.6 Å². The van der Waals surface area contributed by atoms with Crippen LogP contribution in [0.25, 0.3) is 0 Å². The molecular weight excluding hydrogens is 456 g/mol. The van der Waals surface area contributed by atoms with Crippen LogP contribution < -0.4 is 20.1 Å². The lowest BCUT2D eigenvalue weighted by atomic mass is 9.87. The smallest absolute Gasteiger partial charge is 0.338 e. The summed E-state index contributed by atoms with van der Waals surface area (Å²) < 4.78 is 17.2. The first-order valence-corrected chi connectivity index (χ1v) is 12.4. The van der Waals surface area contributed by atoms with Gasteiger partial charge in [-0.05, 0) is 54.5 Å². The number of carbonyl (C=O) groups is 2. The SMILES string of the molecule is CCCC1=C(C(=O)OC(C)C)C(c2ccc(OCc3ccc(C(C)(C)C)cc3)c(OC)c2)NC(=O)N1. The van der Waals surface area contributed by atoms with Crippen LogP contribution in [0.15, 0.2) is 53.7 Å². The van der Waals surface area contributed by atoms with Crippen LogP contribution in [0.2, 0.25) is 0 Å². The van der Waals surface area contributed by atoms with E-state index in [9.17, 15) is 9.59 Å². The van der Waals surface area contributed by atoms with E-state index in [1.165, 1.54) is 5.56 Å². The van der Waals surface area contributed by atoms with Gasteiger partial charge in [-0.2, -0.15) is 0 Å². The number of ether oxygens (including phenoxy) is 3. The second-order valence-corrected chi connectivity index (χ2v) is 10.3. The zero-order valence-corrected chi connectivity index (χ0v) is 22.4. The van der Waals surface area contributed by atoms with Crippen LogP contribution in [-0.4, -0.2) is 25.2 Å². The summed E-state index contributed by atoms with van der Waals surface area (Å²) >= 11 is 0. The number of urea groups is 1. The van der Waals surface area contributed by atoms with E-state index in [0.717, 1.165) is 12.0 Å². The average molecular weight is 495 g/mol. The molecule has 1 aliphatic heterocycles. The summed E-state index contributed by atoms with van der Waals surface area (Å²) in [5, 5.41) is 5.65. The van der Waals surface area contributed by atoms with E-state index < -0.39 is 12.0 Å². The number of rotatable bonds is 9. The third-order valence-corrected chi connectivity index (χ3v) is 5.95. The highest BCUT2D eigenvalue weighted by molar-refractivity contribution is 5.95. The van der Waals surface area contributed by atoms with Crippen LogP contribution in [0.4, 0.5) is 4.79 Å². The zero-order chi connectivity index (χ0) is 26.5. The standard InChI is InChI=1S/C29H38N2O5/c1-8-9-22-25(27(32)36-18(2)3)26(31-28(33)30-22)20-12-15-23(24(16-20)34-7)35-17-19-10-13-21(14-11-19)29(4,5)6/h10-16,18,26H,8-9,17H2,1-7H3,(H2,30,31,33). The number of nitrogens with one attached hydrogen (secondary N) is 2. The Bertz CT molecular complexity index is 1110. The molecule has 7 nitrogen and oxygen atoms in total. The molecule has 1 aliphatic rings. The molecule has 0 saturated heterocycles. The number of allylic oxidation sites excluding steroid dienone is 1. The summed E-state index contributed by atoms with van der Waals surface area (Å²) in [6.45, 7) is 12.5. The molecule has 194 valence electrons. The van der Waals surface area contributed by atoms with E-state index >= 15 is 0 Å². The highest BCUT2D eigenvalue weighted by Gasteiger charge is 2.34. The lowest BCUT2D eigenvalue weighted by molar-refractivity contribution is -0.143. The third kappa shape index (κ3) is 6.59. The predicted octanol–water partition coefficient (Wildman–Crippen LogP) is 5.93. The van der Waals surface area contributed by atoms with Crippen LogP contribution in [0.3, 0.4) is 0 Å². The largest absolute Gasteiger partial charge is 0.493 e. The van der Waals surface area contributed by atoms with Gasteiger partial charge in [-0.1, -0.05) is 64.4 Å². The number of hydrogen-bond donors (Lipinski definition) is 2. The van der Waals surface area contributed by atoms with Crippen molar-refractivity contribution < 1.29 is 23.8 Å². The Kier molecular flexibility index (Phi) is 8.66. The van der Waals surface area contributed by atoms with E-state index in [2.05, 4.69) is 55.7 Å². The number of methoxy groups -OCH3 is 1. The van der Waals surface area contributed by atoms with E-state index in [0.29, 0.717) is 41.4 Å². The topological polar surface area (TPSA) is 85.9 Å². The Labute approximate surface area is 214 Å². The molecule has 0 aliphatic carbocycles. The molecule has 0 fully saturated rings. The van der Waals surface area contributed by atoms with E-state index in [-0.39, 0.29) is 17.6 Å². The van der Waals surface area contributed by atoms with Gasteiger partial charge in [-0.3, -0.25) is 0 Å². The van der Waals surface area contributed by atoms with Crippen molar-refractivity contribution >= 4 is 12.0 Å². The maximum Gasteiger partial charge on any atom is 0.338 e. The zero-order valence-electron chi connectivity index (χ0n) is 22.4. The first kappa shape index (κ1) is 27.1. The summed E-state index contributed by atoms with van der Waals surface area (Å²) in [7, 11) is 1.57. The van der Waals surface area contributed by atoms with Crippen molar-refractivity contribution in [2.24, 2.45) is 0 Å². The number of esters is 1. The Balaban J connectivity index is 1.87. The van der Waals surface area contributed by atoms with Gasteiger partial charge in [0.1, 0.15) is 6.61 Å². The lowest BCUT2D eigenvalue weighted by Crippen LogP contribution is -2.46. The van der Waals surface area contributed by atoms with Crippen LogP contribution >= 0.6 is 0 Å². The average Bonchev–Trinajstić information content (AvgIpc) is 2.81. The minimum absolute atomic E-state index is 0.0916. The van der Waals surface area contributed by atoms with E-state index in [4.69, 9.17) is 14.2 Å². The van der Waals surface area contributed by atoms with Crippen molar-refractivity contribution in [1.29, 1.82) is 0 Å². The molecule has 36 heavy (non-hydrogen) atoms. The van der Waals surface area contributed by atoms with Gasteiger partial charge < -0.3 is 24.8 Å². The van der Waals surface area contributed by atoms with Crippen LogP contribution in [-0.2, 0) is 21.6 Å². The quantitative estimate of drug-likeness (QED) is 0.422. The summed E-state index contributed by atoms with van der Waals surface area (Å²) in [6, 6.07) is 12.8. The summed E-state index contributed by atoms with van der Waals surface area (Å²) in [4.78, 5) is 25.4. The highest BCUT2D eigenvalue weighted by Crippen LogP contribution is 2.36. The van der Waals surface area contributed by atoms with Gasteiger partial charge in [0, 0.05) is 5.70 Å². The molecule has 0 bridgehead atoms. The fourth-order valence-electron chi connectivity index (χ4n) is 4.08. The van der Waals surface area contributed by atoms with Crippen molar-refractivity contribution in [3.63, 3.8) is 0 Å². The molecule has 2 aromatic carbocycles. The van der Waals surface area contributed by atoms with Gasteiger partial charge >= 0.3 is 12.0 Å². The molecule has 2 amide bonds. The molecule has 2 aromatic rings. The molecule has 2 N–H and O–H groups in total. The fraction of sp³-hybridized carbons (Fsp3) is 0.448. The fourth-order valence-corrected chi connectivity index (χ4v) is 4.08. The van der Waals surface area contributed by atoms with Gasteiger partial charge in [0.15, 0.2) is 11.5 Å². The summed E-state index contributed by atoms with van der Waals surface area (Å²) in [5.74, 6) is 0.634. The maximum absolute atomic E-state index is 13.0. The van der Waals surface area contributed by atoms with Gasteiger partial charge in [0.2, 0.25) is 0 Å². The van der Waals surface area contributed by atoms with Crippen molar-refractivity contribution in [1.82, 2.24) is 10.6 Å². The monoisotopic (exact) mass is 494 g/mol. The second kappa shape index (κ2) is 11.5. The van der Waals surface area contributed by atoms with Crippen molar-refractivity contribution in [3.8, 4) is 11.5 Å². The molecule has 0 saturated carbocycles. The Morgan fingerprint density at radius 3 is 2.33 bits per heavy atom. The summed E-state index contributed by atoms with van der Waals surface area (Å²) in [5.41, 5.74) is 4.08. The lowest BCUT2D eigenvalue weighted by Gasteiger charge is -2.30. The molecule has 0 radical (unpaired) electrons.